The predicted octanol–water partition coefficient (Wildman–Crippen LogP) is 3.40. The lowest BCUT2D eigenvalue weighted by molar-refractivity contribution is 0.598. The Kier molecular flexibility index (Phi) is 4.29. The Morgan fingerprint density at radius 2 is 1.96 bits per heavy atom. The minimum Gasteiger partial charge on any atom is -0.330 e. The molecule has 118 valence electrons. The number of nitrogens with zero attached hydrogens (tertiary/aromatic N) is 3. The van der Waals surface area contributed by atoms with Gasteiger partial charge in [-0.15, -0.1) is 11.3 Å². The van der Waals surface area contributed by atoms with E-state index in [1.807, 2.05) is 5.38 Å². The summed E-state index contributed by atoms with van der Waals surface area (Å²) < 4.78 is 22.8. The van der Waals surface area contributed by atoms with Crippen LogP contribution in [0.3, 0.4) is 0 Å². The van der Waals surface area contributed by atoms with Gasteiger partial charge in [0, 0.05) is 23.4 Å². The summed E-state index contributed by atoms with van der Waals surface area (Å²) in [7, 11) is -3.30. The maximum Gasteiger partial charge on any atom is 0.192 e. The summed E-state index contributed by atoms with van der Waals surface area (Å²) in [6.45, 7) is 0. The molecule has 0 aromatic carbocycles. The van der Waals surface area contributed by atoms with Gasteiger partial charge in [-0.1, -0.05) is 11.6 Å². The van der Waals surface area contributed by atoms with E-state index in [0.717, 1.165) is 17.5 Å². The highest BCUT2D eigenvalue weighted by Gasteiger charge is 2.10. The summed E-state index contributed by atoms with van der Waals surface area (Å²) in [4.78, 5) is 12.4. The molecule has 0 amide bonds. The first kappa shape index (κ1) is 15.9. The van der Waals surface area contributed by atoms with Crippen LogP contribution in [0.2, 0.25) is 5.15 Å². The molecule has 0 aliphatic heterocycles. The molecule has 3 heterocycles. The van der Waals surface area contributed by atoms with Gasteiger partial charge in [0.25, 0.3) is 0 Å². The zero-order chi connectivity index (χ0) is 16.4. The van der Waals surface area contributed by atoms with Gasteiger partial charge >= 0.3 is 0 Å². The lowest BCUT2D eigenvalue weighted by atomic mass is 10.2. The quantitative estimate of drug-likeness (QED) is 0.712. The van der Waals surface area contributed by atoms with Gasteiger partial charge in [0.05, 0.1) is 17.6 Å². The fourth-order valence-electron chi connectivity index (χ4n) is 1.79. The molecule has 1 N–H and O–H groups in total. The Morgan fingerprint density at radius 3 is 2.57 bits per heavy atom. The van der Waals surface area contributed by atoms with Crippen molar-refractivity contribution in [2.24, 2.45) is 0 Å². The monoisotopic (exact) mass is 366 g/mol. The molecule has 0 aliphatic rings. The number of nitrogens with one attached hydrogen (secondary N) is 1. The fraction of sp³-hybridized carbons (Fsp3) is 0.0714. The van der Waals surface area contributed by atoms with E-state index in [9.17, 15) is 8.42 Å². The number of halogens is 1. The molecule has 0 bridgehead atoms. The maximum atomic E-state index is 11.4. The van der Waals surface area contributed by atoms with Crippen LogP contribution in [-0.2, 0) is 9.84 Å². The molecule has 0 unspecified atom stereocenters. The van der Waals surface area contributed by atoms with E-state index in [0.29, 0.717) is 16.0 Å². The number of hydrogen-bond acceptors (Lipinski definition) is 7. The molecule has 9 heteroatoms. The maximum absolute atomic E-state index is 11.4. The molecule has 23 heavy (non-hydrogen) atoms. The zero-order valence-corrected chi connectivity index (χ0v) is 14.3. The van der Waals surface area contributed by atoms with Gasteiger partial charge in [0.2, 0.25) is 0 Å². The number of thiazole rings is 1. The summed E-state index contributed by atoms with van der Waals surface area (Å²) in [6, 6.07) is 6.65. The number of rotatable bonds is 4. The van der Waals surface area contributed by atoms with Gasteiger partial charge in [-0.05, 0) is 24.3 Å². The van der Waals surface area contributed by atoms with Gasteiger partial charge in [0.1, 0.15) is 5.15 Å². The van der Waals surface area contributed by atoms with Crippen molar-refractivity contribution < 1.29 is 8.42 Å². The average molecular weight is 367 g/mol. The van der Waals surface area contributed by atoms with Gasteiger partial charge < -0.3 is 5.32 Å². The summed E-state index contributed by atoms with van der Waals surface area (Å²) in [5.41, 5.74) is 2.24. The third-order valence-corrected chi connectivity index (χ3v) is 4.88. The molecule has 0 atom stereocenters. The molecule has 0 spiro atoms. The molecule has 3 rings (SSSR count). The molecule has 3 aromatic rings. The second kappa shape index (κ2) is 6.23. The minimum absolute atomic E-state index is 0.0436. The van der Waals surface area contributed by atoms with E-state index in [4.69, 9.17) is 11.6 Å². The molecule has 0 aliphatic carbocycles. The van der Waals surface area contributed by atoms with Crippen molar-refractivity contribution in [3.63, 3.8) is 0 Å². The van der Waals surface area contributed by atoms with E-state index >= 15 is 0 Å². The van der Waals surface area contributed by atoms with Crippen molar-refractivity contribution in [2.75, 3.05) is 11.6 Å². The molecule has 6 nitrogen and oxygen atoms in total. The van der Waals surface area contributed by atoms with E-state index < -0.39 is 9.84 Å². The Balaban J connectivity index is 1.80. The van der Waals surface area contributed by atoms with Crippen LogP contribution in [0.5, 0.6) is 0 Å². The second-order valence-electron chi connectivity index (χ2n) is 4.69. The van der Waals surface area contributed by atoms with Crippen molar-refractivity contribution in [3.8, 4) is 11.3 Å². The third-order valence-electron chi connectivity index (χ3n) is 2.89. The Bertz CT molecular complexity index is 922. The topological polar surface area (TPSA) is 84.8 Å². The average Bonchev–Trinajstić information content (AvgIpc) is 2.97. The Labute approximate surface area is 142 Å². The standard InChI is InChI=1S/C14H11ClN4O2S2/c1-23(20,21)13-5-2-9(6-17-13)11-8-22-14(19-11)18-10-3-4-12(15)16-7-10/h2-8H,1H3,(H,18,19). The highest BCUT2D eigenvalue weighted by Crippen LogP contribution is 2.27. The summed E-state index contributed by atoms with van der Waals surface area (Å²) in [5, 5.41) is 6.15. The zero-order valence-electron chi connectivity index (χ0n) is 11.9. The lowest BCUT2D eigenvalue weighted by Crippen LogP contribution is -1.99. The third kappa shape index (κ3) is 3.84. The number of aromatic nitrogens is 3. The van der Waals surface area contributed by atoms with E-state index in [1.54, 1.807) is 24.4 Å². The number of pyridine rings is 2. The van der Waals surface area contributed by atoms with Crippen LogP contribution in [0.15, 0.2) is 47.1 Å². The molecule has 0 fully saturated rings. The molecular weight excluding hydrogens is 356 g/mol. The molecular formula is C14H11ClN4O2S2. The van der Waals surface area contributed by atoms with Gasteiger partial charge in [0.15, 0.2) is 20.0 Å². The van der Waals surface area contributed by atoms with Crippen molar-refractivity contribution in [3.05, 3.63) is 47.2 Å². The van der Waals surface area contributed by atoms with Crippen LogP contribution in [0.1, 0.15) is 0 Å². The fourth-order valence-corrected chi connectivity index (χ4v) is 3.20. The van der Waals surface area contributed by atoms with Gasteiger partial charge in [-0.25, -0.2) is 23.4 Å². The minimum atomic E-state index is -3.30. The van der Waals surface area contributed by atoms with E-state index in [-0.39, 0.29) is 5.03 Å². The first-order chi connectivity index (χ1) is 10.9. The summed E-state index contributed by atoms with van der Waals surface area (Å²) >= 11 is 7.17. The highest BCUT2D eigenvalue weighted by molar-refractivity contribution is 7.90. The number of anilines is 2. The SMILES string of the molecule is CS(=O)(=O)c1ccc(-c2csc(Nc3ccc(Cl)nc3)n2)cn1. The Hall–Kier alpha value is -2.03. The molecule has 0 saturated heterocycles. The van der Waals surface area contributed by atoms with E-state index in [2.05, 4.69) is 20.3 Å². The number of hydrogen-bond donors (Lipinski definition) is 1. The summed E-state index contributed by atoms with van der Waals surface area (Å²) in [6.07, 6.45) is 4.24. The van der Waals surface area contributed by atoms with Crippen molar-refractivity contribution in [1.82, 2.24) is 15.0 Å². The first-order valence-electron chi connectivity index (χ1n) is 6.42. The highest BCUT2D eigenvalue weighted by atomic mass is 35.5. The van der Waals surface area contributed by atoms with E-state index in [1.165, 1.54) is 23.6 Å². The molecule has 0 saturated carbocycles. The Morgan fingerprint density at radius 1 is 1.13 bits per heavy atom. The molecule has 3 aromatic heterocycles. The largest absolute Gasteiger partial charge is 0.330 e. The van der Waals surface area contributed by atoms with Crippen molar-refractivity contribution in [2.45, 2.75) is 5.03 Å². The van der Waals surface area contributed by atoms with Gasteiger partial charge in [-0.3, -0.25) is 0 Å². The smallest absolute Gasteiger partial charge is 0.192 e. The number of sulfone groups is 1. The van der Waals surface area contributed by atoms with Gasteiger partial charge in [-0.2, -0.15) is 0 Å². The summed E-state index contributed by atoms with van der Waals surface area (Å²) in [5.74, 6) is 0. The second-order valence-corrected chi connectivity index (χ2v) is 7.90. The molecule has 0 radical (unpaired) electrons. The normalized spacial score (nSPS) is 11.4. The van der Waals surface area contributed by atoms with Crippen molar-refractivity contribution >= 4 is 43.6 Å². The van der Waals surface area contributed by atoms with Crippen LogP contribution in [0.25, 0.3) is 11.3 Å². The van der Waals surface area contributed by atoms with Crippen LogP contribution < -0.4 is 5.32 Å². The van der Waals surface area contributed by atoms with Crippen LogP contribution >= 0.6 is 22.9 Å². The van der Waals surface area contributed by atoms with Crippen LogP contribution in [0, 0.1) is 0 Å². The predicted molar refractivity (Wildman–Crippen MR) is 91.0 cm³/mol. The van der Waals surface area contributed by atoms with Crippen molar-refractivity contribution in [1.29, 1.82) is 0 Å². The first-order valence-corrected chi connectivity index (χ1v) is 9.57. The van der Waals surface area contributed by atoms with Crippen LogP contribution in [-0.4, -0.2) is 29.6 Å². The van der Waals surface area contributed by atoms with Crippen LogP contribution in [0.4, 0.5) is 10.8 Å². The lowest BCUT2D eigenvalue weighted by Gasteiger charge is -2.01.